The van der Waals surface area contributed by atoms with Crippen LogP contribution >= 0.6 is 0 Å². The van der Waals surface area contributed by atoms with Crippen molar-refractivity contribution in [2.24, 2.45) is 17.3 Å². The van der Waals surface area contributed by atoms with Gasteiger partial charge in [0.1, 0.15) is 0 Å². The van der Waals surface area contributed by atoms with Gasteiger partial charge in [-0.15, -0.1) is 0 Å². The van der Waals surface area contributed by atoms with E-state index in [9.17, 15) is 0 Å². The highest BCUT2D eigenvalue weighted by atomic mass is 16.5. The molecule has 0 heterocycles. The van der Waals surface area contributed by atoms with E-state index in [1.165, 1.54) is 44.9 Å². The van der Waals surface area contributed by atoms with Crippen LogP contribution in [0.15, 0.2) is 12.2 Å². The van der Waals surface area contributed by atoms with E-state index in [-0.39, 0.29) is 0 Å². The minimum absolute atomic E-state index is 0.455. The second-order valence-corrected chi connectivity index (χ2v) is 6.42. The van der Waals surface area contributed by atoms with Crippen molar-refractivity contribution in [3.63, 3.8) is 0 Å². The smallest absolute Gasteiger partial charge is 0.0575 e. The minimum Gasteiger partial charge on any atom is -0.378 e. The van der Waals surface area contributed by atoms with Gasteiger partial charge in [-0.2, -0.15) is 0 Å². The lowest BCUT2D eigenvalue weighted by atomic mass is 9.78. The van der Waals surface area contributed by atoms with Crippen LogP contribution < -0.4 is 0 Å². The van der Waals surface area contributed by atoms with E-state index in [4.69, 9.17) is 4.74 Å². The SMILES string of the molecule is CC1(COC2CCCCC2)CC2C=CC1C2. The fourth-order valence-electron chi connectivity index (χ4n) is 3.90. The molecule has 3 atom stereocenters. The summed E-state index contributed by atoms with van der Waals surface area (Å²) in [6.07, 6.45) is 15.0. The summed E-state index contributed by atoms with van der Waals surface area (Å²) in [6.45, 7) is 3.44. The normalized spacial score (nSPS) is 43.1. The van der Waals surface area contributed by atoms with Gasteiger partial charge < -0.3 is 4.74 Å². The van der Waals surface area contributed by atoms with Gasteiger partial charge in [0, 0.05) is 0 Å². The topological polar surface area (TPSA) is 9.23 Å². The van der Waals surface area contributed by atoms with Crippen molar-refractivity contribution >= 4 is 0 Å². The molecule has 0 radical (unpaired) electrons. The molecule has 3 rings (SSSR count). The Balaban J connectivity index is 1.53. The molecule has 0 aromatic heterocycles. The average Bonchev–Trinajstić information content (AvgIpc) is 2.88. The summed E-state index contributed by atoms with van der Waals surface area (Å²) in [6, 6.07) is 0. The van der Waals surface area contributed by atoms with Crippen LogP contribution in [-0.2, 0) is 4.74 Å². The Labute approximate surface area is 99.3 Å². The summed E-state index contributed by atoms with van der Waals surface area (Å²) in [4.78, 5) is 0. The number of allylic oxidation sites excluding steroid dienone is 2. The van der Waals surface area contributed by atoms with Gasteiger partial charge in [0.15, 0.2) is 0 Å². The van der Waals surface area contributed by atoms with Crippen molar-refractivity contribution in [3.05, 3.63) is 12.2 Å². The molecule has 2 saturated carbocycles. The largest absolute Gasteiger partial charge is 0.378 e. The van der Waals surface area contributed by atoms with Gasteiger partial charge >= 0.3 is 0 Å². The van der Waals surface area contributed by atoms with E-state index in [0.717, 1.165) is 18.4 Å². The average molecular weight is 220 g/mol. The summed E-state index contributed by atoms with van der Waals surface area (Å²) in [5.74, 6) is 1.67. The Morgan fingerprint density at radius 2 is 2.00 bits per heavy atom. The summed E-state index contributed by atoms with van der Waals surface area (Å²) in [5.41, 5.74) is 0.455. The number of ether oxygens (including phenoxy) is 1. The number of hydrogen-bond acceptors (Lipinski definition) is 1. The molecule has 3 aliphatic carbocycles. The van der Waals surface area contributed by atoms with E-state index in [2.05, 4.69) is 19.1 Å². The molecule has 0 aromatic rings. The van der Waals surface area contributed by atoms with Crippen molar-refractivity contribution in [1.29, 1.82) is 0 Å². The molecule has 0 N–H and O–H groups in total. The Kier molecular flexibility index (Phi) is 2.83. The summed E-state index contributed by atoms with van der Waals surface area (Å²) in [5, 5.41) is 0. The predicted molar refractivity (Wildman–Crippen MR) is 66.3 cm³/mol. The Morgan fingerprint density at radius 3 is 2.62 bits per heavy atom. The second-order valence-electron chi connectivity index (χ2n) is 6.42. The first-order chi connectivity index (χ1) is 7.76. The van der Waals surface area contributed by atoms with Crippen molar-refractivity contribution in [1.82, 2.24) is 0 Å². The lowest BCUT2D eigenvalue weighted by Gasteiger charge is -2.34. The van der Waals surface area contributed by atoms with E-state index in [0.29, 0.717) is 11.5 Å². The first-order valence-corrected chi connectivity index (χ1v) is 7.06. The van der Waals surface area contributed by atoms with Crippen LogP contribution in [0, 0.1) is 17.3 Å². The van der Waals surface area contributed by atoms with Gasteiger partial charge in [-0.1, -0.05) is 38.3 Å². The van der Waals surface area contributed by atoms with Crippen molar-refractivity contribution in [2.45, 2.75) is 58.0 Å². The zero-order chi connectivity index (χ0) is 11.0. The lowest BCUT2D eigenvalue weighted by molar-refractivity contribution is -0.0284. The third kappa shape index (κ3) is 1.95. The molecule has 3 unspecified atom stereocenters. The quantitative estimate of drug-likeness (QED) is 0.655. The molecular formula is C15H24O. The monoisotopic (exact) mass is 220 g/mol. The molecule has 3 aliphatic rings. The number of fused-ring (bicyclic) bond motifs is 2. The Bertz CT molecular complexity index is 277. The maximum Gasteiger partial charge on any atom is 0.0575 e. The van der Waals surface area contributed by atoms with Crippen molar-refractivity contribution in [2.75, 3.05) is 6.61 Å². The van der Waals surface area contributed by atoms with Gasteiger partial charge in [-0.25, -0.2) is 0 Å². The molecule has 16 heavy (non-hydrogen) atoms. The molecule has 0 saturated heterocycles. The van der Waals surface area contributed by atoms with Crippen molar-refractivity contribution < 1.29 is 4.74 Å². The van der Waals surface area contributed by atoms with Crippen molar-refractivity contribution in [3.8, 4) is 0 Å². The van der Waals surface area contributed by atoms with Crippen LogP contribution in [0.3, 0.4) is 0 Å². The van der Waals surface area contributed by atoms with Crippen LogP contribution in [0.5, 0.6) is 0 Å². The second kappa shape index (κ2) is 4.18. The molecule has 2 fully saturated rings. The predicted octanol–water partition coefficient (Wildman–Crippen LogP) is 3.94. The number of hydrogen-bond donors (Lipinski definition) is 0. The minimum atomic E-state index is 0.455. The maximum atomic E-state index is 6.19. The molecule has 0 amide bonds. The fraction of sp³-hybridized carbons (Fsp3) is 0.867. The third-order valence-corrected chi connectivity index (χ3v) is 5.00. The third-order valence-electron chi connectivity index (χ3n) is 5.00. The van der Waals surface area contributed by atoms with E-state index in [1.54, 1.807) is 0 Å². The molecule has 0 aliphatic heterocycles. The lowest BCUT2D eigenvalue weighted by Crippen LogP contribution is -2.31. The standard InChI is InChI=1S/C15H24O/c1-15(10-12-7-8-13(15)9-12)11-16-14-5-3-2-4-6-14/h7-8,12-14H,2-6,9-11H2,1H3. The molecule has 0 spiro atoms. The van der Waals surface area contributed by atoms with E-state index in [1.807, 2.05) is 0 Å². The molecule has 2 bridgehead atoms. The summed E-state index contributed by atoms with van der Waals surface area (Å²) < 4.78 is 6.19. The highest BCUT2D eigenvalue weighted by Crippen LogP contribution is 2.52. The Morgan fingerprint density at radius 1 is 1.19 bits per heavy atom. The van der Waals surface area contributed by atoms with Gasteiger partial charge in [-0.05, 0) is 42.9 Å². The van der Waals surface area contributed by atoms with Crippen LogP contribution in [-0.4, -0.2) is 12.7 Å². The van der Waals surface area contributed by atoms with Gasteiger partial charge in [-0.3, -0.25) is 0 Å². The Hall–Kier alpha value is -0.300. The number of rotatable bonds is 3. The van der Waals surface area contributed by atoms with Crippen LogP contribution in [0.1, 0.15) is 51.9 Å². The first-order valence-electron chi connectivity index (χ1n) is 7.06. The van der Waals surface area contributed by atoms with Crippen LogP contribution in [0.25, 0.3) is 0 Å². The van der Waals surface area contributed by atoms with Gasteiger partial charge in [0.2, 0.25) is 0 Å². The maximum absolute atomic E-state index is 6.19. The molecular weight excluding hydrogens is 196 g/mol. The zero-order valence-corrected chi connectivity index (χ0v) is 10.5. The fourth-order valence-corrected chi connectivity index (χ4v) is 3.90. The van der Waals surface area contributed by atoms with E-state index >= 15 is 0 Å². The summed E-state index contributed by atoms with van der Waals surface area (Å²) >= 11 is 0. The van der Waals surface area contributed by atoms with Crippen LogP contribution in [0.4, 0.5) is 0 Å². The summed E-state index contributed by atoms with van der Waals surface area (Å²) in [7, 11) is 0. The molecule has 1 heteroatoms. The highest BCUT2D eigenvalue weighted by molar-refractivity contribution is 5.14. The van der Waals surface area contributed by atoms with Gasteiger partial charge in [0.05, 0.1) is 12.7 Å². The highest BCUT2D eigenvalue weighted by Gasteiger charge is 2.45. The molecule has 0 aromatic carbocycles. The zero-order valence-electron chi connectivity index (χ0n) is 10.5. The molecule has 90 valence electrons. The molecule has 1 nitrogen and oxygen atoms in total. The van der Waals surface area contributed by atoms with E-state index < -0.39 is 0 Å². The van der Waals surface area contributed by atoms with Crippen LogP contribution in [0.2, 0.25) is 0 Å². The first kappa shape index (κ1) is 10.8. The van der Waals surface area contributed by atoms with Gasteiger partial charge in [0.25, 0.3) is 0 Å².